The molecular weight excluding hydrogens is 1450 g/mol. The fourth-order valence-electron chi connectivity index (χ4n) is 14.8. The summed E-state index contributed by atoms with van der Waals surface area (Å²) >= 11 is 0. The molecule has 18 rings (SSSR count). The molecule has 0 bridgehead atoms. The van der Waals surface area contributed by atoms with Crippen LogP contribution in [0.3, 0.4) is 0 Å². The normalized spacial score (nSPS) is 20.2. The van der Waals surface area contributed by atoms with Gasteiger partial charge >= 0.3 is 54.1 Å². The van der Waals surface area contributed by atoms with Gasteiger partial charge in [-0.1, -0.05) is 163 Å². The molecule has 420 valence electrons. The molecule has 6 aromatic heterocycles. The molecule has 8 heterocycles. The van der Waals surface area contributed by atoms with Crippen molar-refractivity contribution in [2.75, 3.05) is 14.1 Å². The number of hydrogen-bond acceptors (Lipinski definition) is 6. The number of pyridine rings is 4. The van der Waals surface area contributed by atoms with Crippen LogP contribution in [0.5, 0.6) is 0 Å². The Morgan fingerprint density at radius 3 is 1.03 bits per heavy atom. The van der Waals surface area contributed by atoms with Crippen molar-refractivity contribution in [2.24, 2.45) is 0 Å². The van der Waals surface area contributed by atoms with Crippen LogP contribution in [-0.2, 0) is 64.0 Å². The van der Waals surface area contributed by atoms with Gasteiger partial charge in [-0.2, -0.15) is 60.9 Å². The summed E-state index contributed by atoms with van der Waals surface area (Å²) in [7, 11) is 3.98. The standard InChI is InChI=1S/2C37H24N6.2Pt/c2*1-42-21-22-43(24-42)37(32-16-5-3-12-28(32)30-14-8-19-39-35(30)37)26-10-6-9-25(23-26)36(33-17-20-40-41-33)31-15-4-2-11-27(31)29-13-7-18-38-34(29)36;;/h2*2-22H,1H3;;/q;;2*+2. The van der Waals surface area contributed by atoms with Crippen LogP contribution in [0.15, 0.2) is 256 Å². The molecular formula is C74H48N12Pt2+4. The van der Waals surface area contributed by atoms with Gasteiger partial charge in [0.15, 0.2) is 14.1 Å². The van der Waals surface area contributed by atoms with Crippen molar-refractivity contribution in [1.82, 2.24) is 40.3 Å². The quantitative estimate of drug-likeness (QED) is 0.109. The van der Waals surface area contributed by atoms with E-state index in [1.807, 2.05) is 96.8 Å². The Morgan fingerprint density at radius 2 is 0.670 bits per heavy atom. The molecule has 2 aliphatic heterocycles. The maximum Gasteiger partial charge on any atom is 2.00 e. The maximum absolute atomic E-state index is 5.05. The van der Waals surface area contributed by atoms with E-state index in [9.17, 15) is 0 Å². The van der Waals surface area contributed by atoms with E-state index in [2.05, 4.69) is 224 Å². The van der Waals surface area contributed by atoms with Crippen molar-refractivity contribution in [3.63, 3.8) is 0 Å². The Morgan fingerprint density at radius 1 is 0.341 bits per heavy atom. The number of rotatable bonds is 8. The minimum Gasteiger partial charge on any atom is -0.581 e. The van der Waals surface area contributed by atoms with Gasteiger partial charge in [-0.25, -0.2) is 0 Å². The molecule has 0 spiro atoms. The van der Waals surface area contributed by atoms with Gasteiger partial charge in [0.25, 0.3) is 11.1 Å². The first kappa shape index (κ1) is 54.6. The van der Waals surface area contributed by atoms with E-state index in [1.54, 1.807) is 12.4 Å². The van der Waals surface area contributed by atoms with Crippen molar-refractivity contribution < 1.29 is 60.4 Å². The Hall–Kier alpha value is -10.0. The predicted octanol–water partition coefficient (Wildman–Crippen LogP) is 11.2. The third-order valence-electron chi connectivity index (χ3n) is 18.1. The second-order valence-electron chi connectivity index (χ2n) is 22.2. The fraction of sp³-hybridized carbons (Fsp3) is 0.0811. The van der Waals surface area contributed by atoms with Crippen molar-refractivity contribution >= 4 is 12.0 Å². The van der Waals surface area contributed by atoms with Crippen molar-refractivity contribution in [1.29, 1.82) is 0 Å². The average Bonchev–Trinajstić information content (AvgIpc) is 1.55. The molecule has 12 aromatic rings. The van der Waals surface area contributed by atoms with Gasteiger partial charge in [0.2, 0.25) is 24.8 Å². The van der Waals surface area contributed by atoms with Crippen LogP contribution in [0.2, 0.25) is 0 Å². The van der Waals surface area contributed by atoms with Gasteiger partial charge in [-0.3, -0.25) is 19.9 Å². The zero-order chi connectivity index (χ0) is 57.2. The molecule has 6 aliphatic rings. The summed E-state index contributed by atoms with van der Waals surface area (Å²) < 4.78 is 8.18. The zero-order valence-electron chi connectivity index (χ0n) is 47.2. The first-order valence-electron chi connectivity index (χ1n) is 28.6. The van der Waals surface area contributed by atoms with Crippen molar-refractivity contribution in [3.8, 4) is 44.5 Å². The topological polar surface area (TPSA) is 118 Å². The van der Waals surface area contributed by atoms with Crippen LogP contribution >= 0.6 is 0 Å². The van der Waals surface area contributed by atoms with Gasteiger partial charge in [-0.05, 0) is 57.6 Å². The Kier molecular flexibility index (Phi) is 12.9. The second kappa shape index (κ2) is 20.8. The van der Waals surface area contributed by atoms with Gasteiger partial charge in [-0.15, -0.1) is 11.1 Å². The summed E-state index contributed by atoms with van der Waals surface area (Å²) in [6.07, 6.45) is 19.2. The minimum absolute atomic E-state index is 0. The van der Waals surface area contributed by atoms with Crippen molar-refractivity contribution in [3.05, 3.63) is 347 Å². The summed E-state index contributed by atoms with van der Waals surface area (Å²) in [5.41, 5.74) is 19.6. The van der Waals surface area contributed by atoms with Gasteiger partial charge in [0.05, 0.1) is 22.2 Å². The molecule has 0 saturated heterocycles. The van der Waals surface area contributed by atoms with E-state index >= 15 is 0 Å². The zero-order valence-corrected chi connectivity index (χ0v) is 51.8. The summed E-state index contributed by atoms with van der Waals surface area (Å²) in [6, 6.07) is 82.6. The Labute approximate surface area is 536 Å². The van der Waals surface area contributed by atoms with E-state index in [-0.39, 0.29) is 42.1 Å². The number of hydrogen-bond donors (Lipinski definition) is 0. The molecule has 0 N–H and O–H groups in total. The van der Waals surface area contributed by atoms with Crippen LogP contribution in [0, 0.1) is 12.1 Å². The monoisotopic (exact) mass is 1490 g/mol. The number of fused-ring (bicyclic) bond motifs is 12. The second-order valence-corrected chi connectivity index (χ2v) is 22.2. The van der Waals surface area contributed by atoms with Gasteiger partial charge < -0.3 is 20.4 Å². The van der Waals surface area contributed by atoms with Gasteiger partial charge in [0.1, 0.15) is 11.4 Å². The maximum atomic E-state index is 5.05. The molecule has 0 amide bonds. The SMILES string of the molecule is C[N+]1=C=[N+](C2(c3[c-]c(C4(c5cc[n-]n5)c5ccccc5-c5cccnc54)ccc3)c3ccccc3-c3cccnc32)C=C1.C[N+]1=C=[N+](C2(c3[c-]c(C4(c5cc[n-]n5)c5ccccc5-c5cccnc54)ccc3)c3ccccc3-c3cccnc32)C=C1.[Pt+2].[Pt+2]. The molecule has 88 heavy (non-hydrogen) atoms. The molecule has 0 saturated carbocycles. The molecule has 4 unspecified atom stereocenters. The largest absolute Gasteiger partial charge is 2.00 e. The smallest absolute Gasteiger partial charge is 0.581 e. The van der Waals surface area contributed by atoms with E-state index in [0.29, 0.717) is 0 Å². The van der Waals surface area contributed by atoms with E-state index < -0.39 is 21.9 Å². The van der Waals surface area contributed by atoms with Crippen LogP contribution in [0.1, 0.15) is 78.7 Å². The summed E-state index contributed by atoms with van der Waals surface area (Å²) in [5.74, 6) is 0. The predicted molar refractivity (Wildman–Crippen MR) is 323 cm³/mol. The molecule has 14 heteroatoms. The molecule has 0 radical (unpaired) electrons. The molecule has 12 nitrogen and oxygen atoms in total. The molecule has 4 atom stereocenters. The average molecular weight is 1500 g/mol. The molecule has 6 aromatic carbocycles. The van der Waals surface area contributed by atoms with E-state index in [0.717, 1.165) is 123 Å². The first-order valence-corrected chi connectivity index (χ1v) is 28.6. The third kappa shape index (κ3) is 7.29. The van der Waals surface area contributed by atoms with Crippen LogP contribution < -0.4 is 10.2 Å². The molecule has 4 aliphatic carbocycles. The molecule has 0 fully saturated rings. The third-order valence-corrected chi connectivity index (χ3v) is 18.1. The van der Waals surface area contributed by atoms with Crippen molar-refractivity contribution in [2.45, 2.75) is 21.9 Å². The van der Waals surface area contributed by atoms with E-state index in [4.69, 9.17) is 19.9 Å². The van der Waals surface area contributed by atoms with Crippen LogP contribution in [-0.4, -0.2) is 74.5 Å². The van der Waals surface area contributed by atoms with E-state index in [1.165, 1.54) is 0 Å². The summed E-state index contributed by atoms with van der Waals surface area (Å²) in [5, 5.41) is 18.0. The van der Waals surface area contributed by atoms with Crippen LogP contribution in [0.25, 0.3) is 44.5 Å². The minimum atomic E-state index is -0.797. The van der Waals surface area contributed by atoms with Gasteiger partial charge in [0, 0.05) is 69.6 Å². The Balaban J connectivity index is 0.000000144. The first-order chi connectivity index (χ1) is 42.5. The fourth-order valence-corrected chi connectivity index (χ4v) is 14.8. The number of aromatic nitrogens is 8. The summed E-state index contributed by atoms with van der Waals surface area (Å²) in [4.78, 5) is 20.1. The number of nitrogens with zero attached hydrogens (tertiary/aromatic N) is 12. The summed E-state index contributed by atoms with van der Waals surface area (Å²) in [6.45, 7) is 0. The van der Waals surface area contributed by atoms with Crippen LogP contribution in [0.4, 0.5) is 0 Å². The number of benzene rings is 6. The Bertz CT molecular complexity index is 4550.